The largest absolute Gasteiger partial charge is 0.394 e. The average molecular weight is 317 g/mol. The van der Waals surface area contributed by atoms with E-state index in [9.17, 15) is 9.59 Å². The Hall–Kier alpha value is -1.68. The molecule has 1 aromatic rings. The fourth-order valence-electron chi connectivity index (χ4n) is 3.84. The zero-order chi connectivity index (χ0) is 16.9. The van der Waals surface area contributed by atoms with Crippen LogP contribution in [0.2, 0.25) is 0 Å². The van der Waals surface area contributed by atoms with Crippen LogP contribution in [-0.4, -0.2) is 24.5 Å². The van der Waals surface area contributed by atoms with Gasteiger partial charge in [0.1, 0.15) is 6.04 Å². The molecule has 1 atom stereocenters. The van der Waals surface area contributed by atoms with Crippen molar-refractivity contribution >= 4 is 12.4 Å². The lowest BCUT2D eigenvalue weighted by Crippen LogP contribution is -2.47. The smallest absolute Gasteiger partial charge is 0.330 e. The van der Waals surface area contributed by atoms with Gasteiger partial charge in [0.15, 0.2) is 0 Å². The third-order valence-electron chi connectivity index (χ3n) is 5.34. The Kier molecular flexibility index (Phi) is 5.94. The van der Waals surface area contributed by atoms with Gasteiger partial charge in [-0.05, 0) is 49.5 Å². The zero-order valence-corrected chi connectivity index (χ0v) is 14.2. The molecule has 1 aliphatic carbocycles. The van der Waals surface area contributed by atoms with E-state index in [2.05, 4.69) is 54.2 Å². The Bertz CT molecular complexity index is 519. The number of carbonyl (C=O) groups is 2. The van der Waals surface area contributed by atoms with Gasteiger partial charge in [0.2, 0.25) is 0 Å². The Morgan fingerprint density at radius 1 is 1.22 bits per heavy atom. The summed E-state index contributed by atoms with van der Waals surface area (Å²) in [6.45, 7) is 6.53. The van der Waals surface area contributed by atoms with Crippen LogP contribution in [0.15, 0.2) is 30.3 Å². The van der Waals surface area contributed by atoms with Crippen molar-refractivity contribution in [2.24, 2.45) is 5.92 Å². The van der Waals surface area contributed by atoms with E-state index in [0.717, 1.165) is 25.7 Å². The maximum atomic E-state index is 11.6. The van der Waals surface area contributed by atoms with E-state index in [0.29, 0.717) is 12.0 Å². The lowest BCUT2D eigenvalue weighted by Gasteiger charge is -2.44. The maximum absolute atomic E-state index is 11.6. The van der Waals surface area contributed by atoms with Crippen molar-refractivity contribution in [3.05, 3.63) is 35.9 Å². The predicted octanol–water partition coefficient (Wildman–Crippen LogP) is 3.20. The highest BCUT2D eigenvalue weighted by atomic mass is 16.6. The molecular formula is C19H27NO3. The molecule has 0 heterocycles. The predicted molar refractivity (Wildman–Crippen MR) is 90.0 cm³/mol. The summed E-state index contributed by atoms with van der Waals surface area (Å²) in [4.78, 5) is 21.8. The highest BCUT2D eigenvalue weighted by molar-refractivity contribution is 5.80. The van der Waals surface area contributed by atoms with Crippen molar-refractivity contribution in [3.63, 3.8) is 0 Å². The van der Waals surface area contributed by atoms with Crippen LogP contribution in [0, 0.1) is 5.92 Å². The SMILES string of the molecule is CC(C)[C@]1(c2ccccc2)CC[C@@H](N[C@@H](C)C(=O)OC=O)CC1. The summed E-state index contributed by atoms with van der Waals surface area (Å²) in [5, 5.41) is 3.30. The molecule has 1 saturated carbocycles. The van der Waals surface area contributed by atoms with Gasteiger partial charge in [-0.3, -0.25) is 4.79 Å². The van der Waals surface area contributed by atoms with Crippen molar-refractivity contribution < 1.29 is 14.3 Å². The second-order valence-electron chi connectivity index (χ2n) is 6.87. The van der Waals surface area contributed by atoms with E-state index in [1.165, 1.54) is 5.56 Å². The van der Waals surface area contributed by atoms with E-state index in [4.69, 9.17) is 0 Å². The van der Waals surface area contributed by atoms with Crippen molar-refractivity contribution in [3.8, 4) is 0 Å². The number of benzene rings is 1. The lowest BCUT2D eigenvalue weighted by atomic mass is 9.62. The fraction of sp³-hybridized carbons (Fsp3) is 0.579. The molecule has 126 valence electrons. The van der Waals surface area contributed by atoms with Gasteiger partial charge in [-0.15, -0.1) is 0 Å². The molecule has 4 nitrogen and oxygen atoms in total. The Morgan fingerprint density at radius 3 is 2.35 bits per heavy atom. The number of carbonyl (C=O) groups excluding carboxylic acids is 2. The van der Waals surface area contributed by atoms with Gasteiger partial charge in [0, 0.05) is 6.04 Å². The standard InChI is InChI=1S/C19H27NO3/c1-14(2)19(16-7-5-4-6-8-16)11-9-17(10-12-19)20-15(3)18(22)23-13-21/h4-8,13-15,17,20H,9-12H2,1-3H3/t15-,17-,19+/m0/s1. The van der Waals surface area contributed by atoms with Crippen molar-refractivity contribution in [1.29, 1.82) is 0 Å². The van der Waals surface area contributed by atoms with Crippen LogP contribution >= 0.6 is 0 Å². The molecule has 1 aliphatic rings. The summed E-state index contributed by atoms with van der Waals surface area (Å²) in [7, 11) is 0. The molecule has 4 heteroatoms. The summed E-state index contributed by atoms with van der Waals surface area (Å²) in [5.41, 5.74) is 1.63. The second-order valence-corrected chi connectivity index (χ2v) is 6.87. The first-order chi connectivity index (χ1) is 11.0. The van der Waals surface area contributed by atoms with E-state index in [-0.39, 0.29) is 11.9 Å². The summed E-state index contributed by atoms with van der Waals surface area (Å²) in [5.74, 6) is 0.0621. The summed E-state index contributed by atoms with van der Waals surface area (Å²) in [6, 6.07) is 10.6. The molecule has 0 unspecified atom stereocenters. The molecule has 0 amide bonds. The van der Waals surface area contributed by atoms with Gasteiger partial charge in [0.25, 0.3) is 0 Å². The average Bonchev–Trinajstić information content (AvgIpc) is 2.56. The highest BCUT2D eigenvalue weighted by Crippen LogP contribution is 2.45. The second kappa shape index (κ2) is 7.73. The number of nitrogens with one attached hydrogen (secondary N) is 1. The first kappa shape index (κ1) is 17.7. The van der Waals surface area contributed by atoms with Gasteiger partial charge < -0.3 is 10.1 Å². The van der Waals surface area contributed by atoms with Crippen LogP contribution in [0.3, 0.4) is 0 Å². The van der Waals surface area contributed by atoms with E-state index < -0.39 is 12.0 Å². The van der Waals surface area contributed by atoms with Crippen LogP contribution in [0.4, 0.5) is 0 Å². The number of esters is 1. The first-order valence-electron chi connectivity index (χ1n) is 8.45. The Labute approximate surface area is 138 Å². The van der Waals surface area contributed by atoms with Gasteiger partial charge in [-0.25, -0.2) is 4.79 Å². The molecule has 0 radical (unpaired) electrons. The number of hydrogen-bond acceptors (Lipinski definition) is 4. The first-order valence-corrected chi connectivity index (χ1v) is 8.45. The van der Waals surface area contributed by atoms with Gasteiger partial charge in [-0.1, -0.05) is 44.2 Å². The van der Waals surface area contributed by atoms with Crippen LogP contribution in [0.1, 0.15) is 52.0 Å². The highest BCUT2D eigenvalue weighted by Gasteiger charge is 2.39. The molecule has 0 bridgehead atoms. The lowest BCUT2D eigenvalue weighted by molar-refractivity contribution is -0.153. The van der Waals surface area contributed by atoms with Crippen molar-refractivity contribution in [1.82, 2.24) is 5.32 Å². The zero-order valence-electron chi connectivity index (χ0n) is 14.2. The third-order valence-corrected chi connectivity index (χ3v) is 5.34. The van der Waals surface area contributed by atoms with Crippen molar-refractivity contribution in [2.45, 2.75) is 64.0 Å². The molecule has 1 aromatic carbocycles. The molecule has 0 saturated heterocycles. The molecule has 23 heavy (non-hydrogen) atoms. The summed E-state index contributed by atoms with van der Waals surface area (Å²) >= 11 is 0. The van der Waals surface area contributed by atoms with Gasteiger partial charge >= 0.3 is 12.4 Å². The summed E-state index contributed by atoms with van der Waals surface area (Å²) in [6.07, 6.45) is 4.24. The minimum absolute atomic E-state index is 0.195. The molecule has 1 N–H and O–H groups in total. The minimum atomic E-state index is -0.510. The third kappa shape index (κ3) is 3.99. The molecular weight excluding hydrogens is 290 g/mol. The molecule has 0 aromatic heterocycles. The normalized spacial score (nSPS) is 25.8. The number of ether oxygens (including phenoxy) is 1. The Morgan fingerprint density at radius 2 is 1.83 bits per heavy atom. The topological polar surface area (TPSA) is 55.4 Å². The fourth-order valence-corrected chi connectivity index (χ4v) is 3.84. The molecule has 1 fully saturated rings. The molecule has 0 aliphatic heterocycles. The number of hydrogen-bond donors (Lipinski definition) is 1. The van der Waals surface area contributed by atoms with Crippen LogP contribution in [-0.2, 0) is 19.7 Å². The van der Waals surface area contributed by atoms with Gasteiger partial charge in [-0.2, -0.15) is 0 Å². The van der Waals surface area contributed by atoms with Crippen LogP contribution in [0.25, 0.3) is 0 Å². The van der Waals surface area contributed by atoms with E-state index >= 15 is 0 Å². The quantitative estimate of drug-likeness (QED) is 0.497. The van der Waals surface area contributed by atoms with Crippen molar-refractivity contribution in [2.75, 3.05) is 0 Å². The molecule has 0 spiro atoms. The summed E-state index contributed by atoms with van der Waals surface area (Å²) < 4.78 is 4.41. The van der Waals surface area contributed by atoms with Gasteiger partial charge in [0.05, 0.1) is 0 Å². The maximum Gasteiger partial charge on any atom is 0.330 e. The number of rotatable bonds is 6. The minimum Gasteiger partial charge on any atom is -0.394 e. The van der Waals surface area contributed by atoms with E-state index in [1.807, 2.05) is 0 Å². The monoisotopic (exact) mass is 317 g/mol. The van der Waals surface area contributed by atoms with Crippen LogP contribution in [0.5, 0.6) is 0 Å². The van der Waals surface area contributed by atoms with Crippen LogP contribution < -0.4 is 5.32 Å². The van der Waals surface area contributed by atoms with E-state index in [1.54, 1.807) is 6.92 Å². The molecule has 2 rings (SSSR count). The Balaban J connectivity index is 2.01.